The molecule has 1 fully saturated rings. The van der Waals surface area contributed by atoms with Crippen LogP contribution in [0.15, 0.2) is 24.3 Å². The van der Waals surface area contributed by atoms with Crippen molar-refractivity contribution < 1.29 is 0 Å². The molecule has 4 heteroatoms. The monoisotopic (exact) mass is 369 g/mol. The predicted octanol–water partition coefficient (Wildman–Crippen LogP) is 5.36. The third-order valence-corrected chi connectivity index (χ3v) is 5.96. The van der Waals surface area contributed by atoms with Crippen LogP contribution in [0.3, 0.4) is 0 Å². The van der Waals surface area contributed by atoms with Crippen LogP contribution in [0.25, 0.3) is 0 Å². The minimum absolute atomic E-state index is 0.363. The van der Waals surface area contributed by atoms with Crippen LogP contribution in [0.5, 0.6) is 0 Å². The van der Waals surface area contributed by atoms with E-state index in [0.29, 0.717) is 12.0 Å². The van der Waals surface area contributed by atoms with E-state index in [1.54, 1.807) is 0 Å². The lowest BCUT2D eigenvalue weighted by Crippen LogP contribution is -2.28. The highest BCUT2D eigenvalue weighted by molar-refractivity contribution is 6.30. The fourth-order valence-electron chi connectivity index (χ4n) is 4.30. The maximum Gasteiger partial charge on any atom is 0.125 e. The number of hydrogen-bond acceptors (Lipinski definition) is 3. The molecular formula is C22H28ClN3. The Balaban J connectivity index is 1.75. The van der Waals surface area contributed by atoms with Crippen molar-refractivity contribution >= 4 is 11.6 Å². The van der Waals surface area contributed by atoms with E-state index in [9.17, 15) is 0 Å². The van der Waals surface area contributed by atoms with Gasteiger partial charge in [0.25, 0.3) is 0 Å². The van der Waals surface area contributed by atoms with E-state index in [4.69, 9.17) is 21.6 Å². The van der Waals surface area contributed by atoms with Gasteiger partial charge in [-0.2, -0.15) is 0 Å². The van der Waals surface area contributed by atoms with E-state index >= 15 is 0 Å². The Labute approximate surface area is 161 Å². The van der Waals surface area contributed by atoms with Gasteiger partial charge < -0.3 is 5.32 Å². The minimum atomic E-state index is 0.363. The van der Waals surface area contributed by atoms with Crippen LogP contribution in [0.4, 0.5) is 0 Å². The topological polar surface area (TPSA) is 37.8 Å². The molecule has 4 rings (SSSR count). The molecule has 0 bridgehead atoms. The second kappa shape index (κ2) is 7.66. The van der Waals surface area contributed by atoms with Gasteiger partial charge in [-0.1, -0.05) is 30.7 Å². The number of nitrogens with one attached hydrogen (secondary N) is 1. The minimum Gasteiger partial charge on any atom is -0.308 e. The molecule has 1 aromatic carbocycles. The fraction of sp³-hybridized carbons (Fsp3) is 0.545. The Morgan fingerprint density at radius 2 is 1.92 bits per heavy atom. The molecule has 0 amide bonds. The molecule has 0 spiro atoms. The quantitative estimate of drug-likeness (QED) is 0.745. The van der Waals surface area contributed by atoms with Gasteiger partial charge in [-0.25, -0.2) is 9.97 Å². The largest absolute Gasteiger partial charge is 0.308 e. The lowest BCUT2D eigenvalue weighted by molar-refractivity contribution is 0.457. The van der Waals surface area contributed by atoms with Gasteiger partial charge in [-0.15, -0.1) is 0 Å². The molecule has 2 unspecified atom stereocenters. The number of aryl methyl sites for hydroxylation is 1. The maximum atomic E-state index is 6.10. The SMILES string of the molecule is CCCNC(c1nc(C)nc2c1CCCC2c1ccc(Cl)cc1)C1CC1. The molecule has 0 saturated heterocycles. The summed E-state index contributed by atoms with van der Waals surface area (Å²) in [6.07, 6.45) is 7.25. The summed E-state index contributed by atoms with van der Waals surface area (Å²) in [7, 11) is 0. The van der Waals surface area contributed by atoms with Crippen LogP contribution >= 0.6 is 11.6 Å². The molecule has 2 aliphatic rings. The van der Waals surface area contributed by atoms with Crippen molar-refractivity contribution in [3.8, 4) is 0 Å². The highest BCUT2D eigenvalue weighted by Crippen LogP contribution is 2.44. The van der Waals surface area contributed by atoms with Crippen molar-refractivity contribution in [1.29, 1.82) is 0 Å². The van der Waals surface area contributed by atoms with Crippen LogP contribution < -0.4 is 5.32 Å². The second-order valence-corrected chi connectivity index (χ2v) is 8.22. The number of aromatic nitrogens is 2. The summed E-state index contributed by atoms with van der Waals surface area (Å²) in [5.41, 5.74) is 5.26. The van der Waals surface area contributed by atoms with Crippen LogP contribution in [0.2, 0.25) is 5.02 Å². The van der Waals surface area contributed by atoms with Crippen molar-refractivity contribution in [2.24, 2.45) is 5.92 Å². The average Bonchev–Trinajstić information content (AvgIpc) is 3.47. The smallest absolute Gasteiger partial charge is 0.125 e. The highest BCUT2D eigenvalue weighted by atomic mass is 35.5. The van der Waals surface area contributed by atoms with E-state index in [0.717, 1.165) is 42.6 Å². The number of fused-ring (bicyclic) bond motifs is 1. The van der Waals surface area contributed by atoms with Crippen LogP contribution in [-0.4, -0.2) is 16.5 Å². The second-order valence-electron chi connectivity index (χ2n) is 7.79. The summed E-state index contributed by atoms with van der Waals surface area (Å²) in [6.45, 7) is 5.33. The zero-order valence-electron chi connectivity index (χ0n) is 15.8. The third kappa shape index (κ3) is 3.65. The van der Waals surface area contributed by atoms with Gasteiger partial charge >= 0.3 is 0 Å². The average molecular weight is 370 g/mol. The molecule has 3 nitrogen and oxygen atoms in total. The summed E-state index contributed by atoms with van der Waals surface area (Å²) in [5.74, 6) is 2.02. The first-order valence-electron chi connectivity index (χ1n) is 10.0. The predicted molar refractivity (Wildman–Crippen MR) is 107 cm³/mol. The lowest BCUT2D eigenvalue weighted by Gasteiger charge is -2.29. The summed E-state index contributed by atoms with van der Waals surface area (Å²) < 4.78 is 0. The van der Waals surface area contributed by atoms with Gasteiger partial charge in [0.2, 0.25) is 0 Å². The van der Waals surface area contributed by atoms with Crippen molar-refractivity contribution in [1.82, 2.24) is 15.3 Å². The Morgan fingerprint density at radius 3 is 2.62 bits per heavy atom. The van der Waals surface area contributed by atoms with Crippen molar-refractivity contribution in [2.75, 3.05) is 6.54 Å². The zero-order valence-corrected chi connectivity index (χ0v) is 16.5. The molecule has 2 atom stereocenters. The standard InChI is InChI=1S/C22H28ClN3/c1-3-13-24-20(16-7-8-16)22-19-6-4-5-18(21(19)25-14(2)26-22)15-9-11-17(23)12-10-15/h9-12,16,18,20,24H,3-8,13H2,1-2H3. The Morgan fingerprint density at radius 1 is 1.15 bits per heavy atom. The van der Waals surface area contributed by atoms with Crippen LogP contribution in [0, 0.1) is 12.8 Å². The first kappa shape index (κ1) is 17.9. The van der Waals surface area contributed by atoms with Gasteiger partial charge in [-0.05, 0) is 81.2 Å². The summed E-state index contributed by atoms with van der Waals surface area (Å²) in [4.78, 5) is 9.87. The fourth-order valence-corrected chi connectivity index (χ4v) is 4.42. The molecule has 2 aliphatic carbocycles. The molecule has 1 heterocycles. The molecule has 2 aromatic rings. The highest BCUT2D eigenvalue weighted by Gasteiger charge is 2.36. The summed E-state index contributed by atoms with van der Waals surface area (Å²) in [6, 6.07) is 8.71. The van der Waals surface area contributed by atoms with E-state index < -0.39 is 0 Å². The Kier molecular flexibility index (Phi) is 5.28. The third-order valence-electron chi connectivity index (χ3n) is 5.71. The van der Waals surface area contributed by atoms with E-state index in [1.165, 1.54) is 41.8 Å². The zero-order chi connectivity index (χ0) is 18.1. The normalized spacial score (nSPS) is 20.7. The van der Waals surface area contributed by atoms with Gasteiger partial charge in [0.1, 0.15) is 5.82 Å². The molecule has 1 aromatic heterocycles. The van der Waals surface area contributed by atoms with Gasteiger partial charge in [0.15, 0.2) is 0 Å². The summed E-state index contributed by atoms with van der Waals surface area (Å²) in [5, 5.41) is 4.57. The van der Waals surface area contributed by atoms with Gasteiger partial charge in [0.05, 0.1) is 17.4 Å². The molecule has 138 valence electrons. The molecule has 1 N–H and O–H groups in total. The van der Waals surface area contributed by atoms with E-state index in [2.05, 4.69) is 24.4 Å². The lowest BCUT2D eigenvalue weighted by atomic mass is 9.80. The van der Waals surface area contributed by atoms with Crippen LogP contribution in [-0.2, 0) is 6.42 Å². The molecule has 0 radical (unpaired) electrons. The first-order chi connectivity index (χ1) is 12.7. The number of hydrogen-bond donors (Lipinski definition) is 1. The first-order valence-corrected chi connectivity index (χ1v) is 10.4. The molecule has 26 heavy (non-hydrogen) atoms. The number of nitrogens with zero attached hydrogens (tertiary/aromatic N) is 2. The Hall–Kier alpha value is -1.45. The van der Waals surface area contributed by atoms with Gasteiger partial charge in [0, 0.05) is 10.9 Å². The molecule has 0 aliphatic heterocycles. The summed E-state index contributed by atoms with van der Waals surface area (Å²) >= 11 is 6.10. The number of halogens is 1. The van der Waals surface area contributed by atoms with Crippen LogP contribution in [0.1, 0.15) is 79.3 Å². The van der Waals surface area contributed by atoms with Crippen molar-refractivity contribution in [2.45, 2.75) is 64.3 Å². The Bertz CT molecular complexity index is 768. The molecule has 1 saturated carbocycles. The van der Waals surface area contributed by atoms with Crippen molar-refractivity contribution in [3.05, 3.63) is 57.6 Å². The maximum absolute atomic E-state index is 6.10. The van der Waals surface area contributed by atoms with Gasteiger partial charge in [-0.3, -0.25) is 0 Å². The van der Waals surface area contributed by atoms with E-state index in [1.807, 2.05) is 19.1 Å². The number of rotatable bonds is 6. The van der Waals surface area contributed by atoms with Crippen molar-refractivity contribution in [3.63, 3.8) is 0 Å². The molecular weight excluding hydrogens is 342 g/mol. The van der Waals surface area contributed by atoms with E-state index in [-0.39, 0.29) is 0 Å². The number of benzene rings is 1.